The highest BCUT2D eigenvalue weighted by Crippen LogP contribution is 2.10. The second-order valence-corrected chi connectivity index (χ2v) is 5.17. The Kier molecular flexibility index (Phi) is 4.47. The van der Waals surface area contributed by atoms with Crippen molar-refractivity contribution in [1.29, 1.82) is 0 Å². The normalized spacial score (nSPS) is 18.4. The molecule has 1 saturated heterocycles. The average molecular weight is 255 g/mol. The molecule has 1 aromatic heterocycles. The Balaban J connectivity index is 1.69. The predicted octanol–water partition coefficient (Wildman–Crippen LogP) is 0.735. The van der Waals surface area contributed by atoms with Crippen LogP contribution in [0.15, 0.2) is 11.6 Å². The molecule has 0 bridgehead atoms. The van der Waals surface area contributed by atoms with Crippen molar-refractivity contribution in [3.05, 3.63) is 16.6 Å². The van der Waals surface area contributed by atoms with E-state index in [9.17, 15) is 4.79 Å². The highest BCUT2D eigenvalue weighted by atomic mass is 32.1. The third kappa shape index (κ3) is 4.07. The zero-order valence-electron chi connectivity index (χ0n) is 9.71. The number of rotatable bonds is 5. The molecule has 0 aromatic carbocycles. The minimum atomic E-state index is -0.713. The van der Waals surface area contributed by atoms with Crippen LogP contribution in [0.3, 0.4) is 0 Å². The number of aromatic nitrogens is 1. The van der Waals surface area contributed by atoms with Crippen molar-refractivity contribution >= 4 is 17.3 Å². The quantitative estimate of drug-likeness (QED) is 0.841. The Bertz CT molecular complexity index is 348. The van der Waals surface area contributed by atoms with E-state index in [1.165, 1.54) is 0 Å². The molecule has 5 nitrogen and oxygen atoms in total. The molecule has 0 radical (unpaired) electrons. The lowest BCUT2D eigenvalue weighted by atomic mass is 10.3. The molecule has 0 aliphatic carbocycles. The Morgan fingerprint density at radius 3 is 2.65 bits per heavy atom. The van der Waals surface area contributed by atoms with E-state index in [1.807, 2.05) is 11.6 Å². The van der Waals surface area contributed by atoms with Gasteiger partial charge in [0.1, 0.15) is 5.01 Å². The molecule has 17 heavy (non-hydrogen) atoms. The average Bonchev–Trinajstić information content (AvgIpc) is 2.81. The Morgan fingerprint density at radius 2 is 2.06 bits per heavy atom. The number of hydrogen-bond donors (Lipinski definition) is 1. The van der Waals surface area contributed by atoms with Crippen molar-refractivity contribution in [2.45, 2.75) is 13.0 Å². The van der Waals surface area contributed by atoms with Crippen LogP contribution < -0.4 is 0 Å². The number of carbonyl (C=O) groups is 1. The van der Waals surface area contributed by atoms with E-state index in [1.54, 1.807) is 11.3 Å². The van der Waals surface area contributed by atoms with Gasteiger partial charge in [0.2, 0.25) is 0 Å². The van der Waals surface area contributed by atoms with Crippen molar-refractivity contribution in [3.63, 3.8) is 0 Å². The summed E-state index contributed by atoms with van der Waals surface area (Å²) in [5, 5.41) is 11.8. The number of thiazole rings is 1. The van der Waals surface area contributed by atoms with Crippen LogP contribution in [0.25, 0.3) is 0 Å². The van der Waals surface area contributed by atoms with Gasteiger partial charge in [-0.2, -0.15) is 0 Å². The topological polar surface area (TPSA) is 56.7 Å². The molecule has 6 heteroatoms. The van der Waals surface area contributed by atoms with Crippen molar-refractivity contribution in [3.8, 4) is 0 Å². The molecule has 0 amide bonds. The lowest BCUT2D eigenvalue weighted by molar-refractivity contribution is -0.137. The number of piperazine rings is 1. The maximum atomic E-state index is 10.5. The molecule has 1 aliphatic rings. The summed E-state index contributed by atoms with van der Waals surface area (Å²) in [5.74, 6) is -0.713. The van der Waals surface area contributed by atoms with Crippen molar-refractivity contribution in [1.82, 2.24) is 14.8 Å². The summed E-state index contributed by atoms with van der Waals surface area (Å²) in [6.07, 6.45) is 2.08. The maximum Gasteiger partial charge on any atom is 0.304 e. The number of nitrogens with zero attached hydrogens (tertiary/aromatic N) is 3. The van der Waals surface area contributed by atoms with Gasteiger partial charge in [0, 0.05) is 44.3 Å². The van der Waals surface area contributed by atoms with Gasteiger partial charge in [-0.1, -0.05) is 0 Å². The summed E-state index contributed by atoms with van der Waals surface area (Å²) in [7, 11) is 0. The summed E-state index contributed by atoms with van der Waals surface area (Å²) in [4.78, 5) is 19.3. The fourth-order valence-electron chi connectivity index (χ4n) is 1.95. The molecule has 1 fully saturated rings. The predicted molar refractivity (Wildman–Crippen MR) is 66.1 cm³/mol. The SMILES string of the molecule is O=C(O)CCN1CCN(Cc2nccs2)CC1. The van der Waals surface area contributed by atoms with E-state index < -0.39 is 5.97 Å². The lowest BCUT2D eigenvalue weighted by Crippen LogP contribution is -2.46. The molecule has 2 heterocycles. The molecule has 1 aromatic rings. The van der Waals surface area contributed by atoms with E-state index in [-0.39, 0.29) is 6.42 Å². The van der Waals surface area contributed by atoms with E-state index >= 15 is 0 Å². The van der Waals surface area contributed by atoms with Gasteiger partial charge in [0.25, 0.3) is 0 Å². The van der Waals surface area contributed by atoms with Crippen LogP contribution in [-0.2, 0) is 11.3 Å². The highest BCUT2D eigenvalue weighted by Gasteiger charge is 2.17. The molecule has 2 rings (SSSR count). The smallest absolute Gasteiger partial charge is 0.304 e. The van der Waals surface area contributed by atoms with E-state index in [4.69, 9.17) is 5.11 Å². The second-order valence-electron chi connectivity index (χ2n) is 4.19. The second kappa shape index (κ2) is 6.09. The first-order valence-electron chi connectivity index (χ1n) is 5.79. The number of hydrogen-bond acceptors (Lipinski definition) is 5. The molecular weight excluding hydrogens is 238 g/mol. The molecule has 0 saturated carbocycles. The largest absolute Gasteiger partial charge is 0.481 e. The van der Waals surface area contributed by atoms with Crippen LogP contribution in [0.5, 0.6) is 0 Å². The molecule has 0 atom stereocenters. The third-order valence-corrected chi connectivity index (χ3v) is 3.71. The molecule has 1 aliphatic heterocycles. The highest BCUT2D eigenvalue weighted by molar-refractivity contribution is 7.09. The lowest BCUT2D eigenvalue weighted by Gasteiger charge is -2.33. The summed E-state index contributed by atoms with van der Waals surface area (Å²) in [5.41, 5.74) is 0. The zero-order valence-corrected chi connectivity index (χ0v) is 10.5. The van der Waals surface area contributed by atoms with Gasteiger partial charge in [0.15, 0.2) is 0 Å². The molecule has 94 valence electrons. The monoisotopic (exact) mass is 255 g/mol. The van der Waals surface area contributed by atoms with Crippen LogP contribution in [-0.4, -0.2) is 58.6 Å². The van der Waals surface area contributed by atoms with Crippen LogP contribution in [0.1, 0.15) is 11.4 Å². The van der Waals surface area contributed by atoms with E-state index in [0.717, 1.165) is 37.7 Å². The first-order valence-corrected chi connectivity index (χ1v) is 6.67. The Hall–Kier alpha value is -0.980. The van der Waals surface area contributed by atoms with Crippen molar-refractivity contribution in [2.24, 2.45) is 0 Å². The number of carboxylic acid groups (broad SMARTS) is 1. The summed E-state index contributed by atoms with van der Waals surface area (Å²) < 4.78 is 0. The summed E-state index contributed by atoms with van der Waals surface area (Å²) in [6.45, 7) is 5.50. The van der Waals surface area contributed by atoms with Gasteiger partial charge in [-0.3, -0.25) is 9.69 Å². The van der Waals surface area contributed by atoms with E-state index in [0.29, 0.717) is 6.54 Å². The van der Waals surface area contributed by atoms with Gasteiger partial charge in [-0.15, -0.1) is 11.3 Å². The first-order chi connectivity index (χ1) is 8.24. The number of aliphatic carboxylic acids is 1. The van der Waals surface area contributed by atoms with Crippen molar-refractivity contribution < 1.29 is 9.90 Å². The van der Waals surface area contributed by atoms with Gasteiger partial charge >= 0.3 is 5.97 Å². The molecular formula is C11H17N3O2S. The zero-order chi connectivity index (χ0) is 12.1. The standard InChI is InChI=1S/C11H17N3O2S/c15-11(16)1-3-13-4-6-14(7-5-13)9-10-12-2-8-17-10/h2,8H,1,3-7,9H2,(H,15,16). The summed E-state index contributed by atoms with van der Waals surface area (Å²) >= 11 is 1.69. The van der Waals surface area contributed by atoms with Gasteiger partial charge in [0.05, 0.1) is 13.0 Å². The van der Waals surface area contributed by atoms with Gasteiger partial charge < -0.3 is 10.0 Å². The Labute approximate surface area is 105 Å². The maximum absolute atomic E-state index is 10.5. The minimum absolute atomic E-state index is 0.243. The Morgan fingerprint density at radius 1 is 1.35 bits per heavy atom. The van der Waals surface area contributed by atoms with E-state index in [2.05, 4.69) is 14.8 Å². The fourth-order valence-corrected chi connectivity index (χ4v) is 2.60. The first kappa shape index (κ1) is 12.5. The molecule has 0 spiro atoms. The van der Waals surface area contributed by atoms with Crippen LogP contribution in [0.4, 0.5) is 0 Å². The van der Waals surface area contributed by atoms with Gasteiger partial charge in [-0.25, -0.2) is 4.98 Å². The van der Waals surface area contributed by atoms with Crippen LogP contribution >= 0.6 is 11.3 Å². The van der Waals surface area contributed by atoms with Crippen molar-refractivity contribution in [2.75, 3.05) is 32.7 Å². The fraction of sp³-hybridized carbons (Fsp3) is 0.636. The third-order valence-electron chi connectivity index (χ3n) is 2.95. The summed E-state index contributed by atoms with van der Waals surface area (Å²) in [6, 6.07) is 0. The van der Waals surface area contributed by atoms with Crippen LogP contribution in [0, 0.1) is 0 Å². The van der Waals surface area contributed by atoms with Crippen LogP contribution in [0.2, 0.25) is 0 Å². The number of carboxylic acids is 1. The minimum Gasteiger partial charge on any atom is -0.481 e. The van der Waals surface area contributed by atoms with Gasteiger partial charge in [-0.05, 0) is 0 Å². The molecule has 1 N–H and O–H groups in total. The molecule has 0 unspecified atom stereocenters.